The molecule has 4 nitrogen and oxygen atoms in total. The van der Waals surface area contributed by atoms with Crippen molar-refractivity contribution in [1.82, 2.24) is 9.55 Å². The Morgan fingerprint density at radius 2 is 1.89 bits per heavy atom. The van der Waals surface area contributed by atoms with E-state index in [9.17, 15) is 10.2 Å². The van der Waals surface area contributed by atoms with Gasteiger partial charge in [-0.05, 0) is 36.8 Å². The van der Waals surface area contributed by atoms with Crippen LogP contribution in [0.15, 0.2) is 36.4 Å². The highest BCUT2D eigenvalue weighted by Gasteiger charge is 2.15. The molecule has 3 rings (SSSR count). The van der Waals surface area contributed by atoms with Gasteiger partial charge in [0.05, 0.1) is 16.6 Å². The maximum absolute atomic E-state index is 9.95. The molecule has 0 aliphatic heterocycles. The van der Waals surface area contributed by atoms with Crippen LogP contribution in [0.25, 0.3) is 22.4 Å². The van der Waals surface area contributed by atoms with Gasteiger partial charge in [0.15, 0.2) is 11.5 Å². The Morgan fingerprint density at radius 3 is 2.68 bits per heavy atom. The molecule has 0 fully saturated rings. The van der Waals surface area contributed by atoms with Crippen LogP contribution in [0.2, 0.25) is 0 Å². The number of nitrogens with zero attached hydrogens (tertiary/aromatic N) is 2. The summed E-state index contributed by atoms with van der Waals surface area (Å²) in [5.41, 5.74) is 3.53. The van der Waals surface area contributed by atoms with E-state index in [0.717, 1.165) is 16.6 Å². The van der Waals surface area contributed by atoms with Gasteiger partial charge >= 0.3 is 0 Å². The average Bonchev–Trinajstić information content (AvgIpc) is 2.69. The third-order valence-electron chi connectivity index (χ3n) is 3.29. The van der Waals surface area contributed by atoms with Crippen molar-refractivity contribution in [3.05, 3.63) is 42.0 Å². The molecule has 2 aromatic carbocycles. The summed E-state index contributed by atoms with van der Waals surface area (Å²) in [6.45, 7) is 2.01. The number of aryl methyl sites for hydroxylation is 2. The third-order valence-corrected chi connectivity index (χ3v) is 3.29. The van der Waals surface area contributed by atoms with Gasteiger partial charge in [0, 0.05) is 7.05 Å². The number of fused-ring (bicyclic) bond motifs is 1. The molecule has 0 saturated heterocycles. The monoisotopic (exact) mass is 254 g/mol. The summed E-state index contributed by atoms with van der Waals surface area (Å²) in [4.78, 5) is 4.54. The first-order valence-corrected chi connectivity index (χ1v) is 6.02. The highest BCUT2D eigenvalue weighted by atomic mass is 16.3. The zero-order chi connectivity index (χ0) is 13.6. The van der Waals surface area contributed by atoms with Crippen LogP contribution in [-0.2, 0) is 7.05 Å². The van der Waals surface area contributed by atoms with Gasteiger partial charge in [0.2, 0.25) is 0 Å². The Morgan fingerprint density at radius 1 is 1.11 bits per heavy atom. The maximum atomic E-state index is 9.95. The SMILES string of the molecule is Cc1ccc2c(c1)nc(-c1cccc(O)c1O)n2C. The normalized spacial score (nSPS) is 11.1. The van der Waals surface area contributed by atoms with Crippen molar-refractivity contribution in [3.63, 3.8) is 0 Å². The lowest BCUT2D eigenvalue weighted by molar-refractivity contribution is 0.405. The fourth-order valence-corrected chi connectivity index (χ4v) is 2.26. The van der Waals surface area contributed by atoms with Crippen LogP contribution >= 0.6 is 0 Å². The standard InChI is InChI=1S/C15H14N2O2/c1-9-6-7-12-11(8-9)16-15(17(12)2)10-4-3-5-13(18)14(10)19/h3-8,18-19H,1-2H3. The number of aromatic nitrogens is 2. The van der Waals surface area contributed by atoms with E-state index < -0.39 is 0 Å². The fraction of sp³-hybridized carbons (Fsp3) is 0.133. The summed E-state index contributed by atoms with van der Waals surface area (Å²) >= 11 is 0. The molecule has 19 heavy (non-hydrogen) atoms. The second-order valence-electron chi connectivity index (χ2n) is 4.66. The lowest BCUT2D eigenvalue weighted by atomic mass is 10.2. The molecule has 3 aromatic rings. The summed E-state index contributed by atoms with van der Waals surface area (Å²) in [6.07, 6.45) is 0. The highest BCUT2D eigenvalue weighted by Crippen LogP contribution is 2.36. The van der Waals surface area contributed by atoms with Crippen LogP contribution in [0.4, 0.5) is 0 Å². The Labute approximate surface area is 110 Å². The minimum atomic E-state index is -0.141. The second kappa shape index (κ2) is 4.02. The van der Waals surface area contributed by atoms with Gasteiger partial charge in [-0.25, -0.2) is 4.98 Å². The largest absolute Gasteiger partial charge is 0.504 e. The van der Waals surface area contributed by atoms with Crippen LogP contribution in [0.5, 0.6) is 11.5 Å². The Hall–Kier alpha value is -2.49. The van der Waals surface area contributed by atoms with Crippen molar-refractivity contribution < 1.29 is 10.2 Å². The predicted octanol–water partition coefficient (Wildman–Crippen LogP) is 2.96. The van der Waals surface area contributed by atoms with Crippen LogP contribution < -0.4 is 0 Å². The van der Waals surface area contributed by atoms with Crippen LogP contribution in [0.1, 0.15) is 5.56 Å². The zero-order valence-electron chi connectivity index (χ0n) is 10.8. The van der Waals surface area contributed by atoms with Crippen molar-refractivity contribution in [2.24, 2.45) is 7.05 Å². The first kappa shape index (κ1) is 11.6. The molecule has 1 aromatic heterocycles. The van der Waals surface area contributed by atoms with E-state index in [0.29, 0.717) is 11.4 Å². The van der Waals surface area contributed by atoms with Crippen molar-refractivity contribution in [3.8, 4) is 22.9 Å². The molecule has 0 amide bonds. The van der Waals surface area contributed by atoms with Crippen molar-refractivity contribution in [2.45, 2.75) is 6.92 Å². The number of para-hydroxylation sites is 1. The lowest BCUT2D eigenvalue weighted by Gasteiger charge is -2.06. The van der Waals surface area contributed by atoms with Crippen LogP contribution in [0.3, 0.4) is 0 Å². The van der Waals surface area contributed by atoms with E-state index >= 15 is 0 Å². The number of phenolic OH excluding ortho intramolecular Hbond substituents is 2. The molecular formula is C15H14N2O2. The quantitative estimate of drug-likeness (QED) is 0.656. The number of phenols is 2. The molecule has 0 aliphatic carbocycles. The lowest BCUT2D eigenvalue weighted by Crippen LogP contribution is -1.92. The molecule has 96 valence electrons. The first-order chi connectivity index (χ1) is 9.08. The maximum Gasteiger partial charge on any atom is 0.168 e. The molecule has 0 atom stereocenters. The van der Waals surface area contributed by atoms with Crippen molar-refractivity contribution >= 4 is 11.0 Å². The van der Waals surface area contributed by atoms with Crippen LogP contribution in [-0.4, -0.2) is 19.8 Å². The Bertz CT molecular complexity index is 775. The van der Waals surface area contributed by atoms with E-state index in [4.69, 9.17) is 0 Å². The number of hydrogen-bond acceptors (Lipinski definition) is 3. The van der Waals surface area contributed by atoms with Gasteiger partial charge in [-0.2, -0.15) is 0 Å². The molecule has 0 radical (unpaired) electrons. The van der Waals surface area contributed by atoms with Gasteiger partial charge in [0.25, 0.3) is 0 Å². The first-order valence-electron chi connectivity index (χ1n) is 6.02. The Balaban J connectivity index is 2.31. The molecule has 1 heterocycles. The topological polar surface area (TPSA) is 58.3 Å². The fourth-order valence-electron chi connectivity index (χ4n) is 2.26. The molecular weight excluding hydrogens is 240 g/mol. The van der Waals surface area contributed by atoms with E-state index in [1.165, 1.54) is 6.07 Å². The molecule has 2 N–H and O–H groups in total. The summed E-state index contributed by atoms with van der Waals surface area (Å²) < 4.78 is 1.91. The van der Waals surface area contributed by atoms with Crippen molar-refractivity contribution in [1.29, 1.82) is 0 Å². The summed E-state index contributed by atoms with van der Waals surface area (Å²) in [5, 5.41) is 19.5. The summed E-state index contributed by atoms with van der Waals surface area (Å²) in [7, 11) is 1.89. The van der Waals surface area contributed by atoms with Gasteiger partial charge < -0.3 is 14.8 Å². The highest BCUT2D eigenvalue weighted by molar-refractivity contribution is 5.82. The smallest absolute Gasteiger partial charge is 0.168 e. The molecule has 0 saturated carbocycles. The van der Waals surface area contributed by atoms with E-state index in [-0.39, 0.29) is 11.5 Å². The van der Waals surface area contributed by atoms with E-state index in [1.54, 1.807) is 12.1 Å². The molecule has 4 heteroatoms. The molecule has 0 bridgehead atoms. The van der Waals surface area contributed by atoms with Gasteiger partial charge in [0.1, 0.15) is 5.82 Å². The number of hydrogen-bond donors (Lipinski definition) is 2. The minimum Gasteiger partial charge on any atom is -0.504 e. The van der Waals surface area contributed by atoms with Gasteiger partial charge in [-0.1, -0.05) is 12.1 Å². The summed E-state index contributed by atoms with van der Waals surface area (Å²) in [5.74, 6) is 0.354. The Kier molecular flexibility index (Phi) is 2.45. The molecule has 0 spiro atoms. The second-order valence-corrected chi connectivity index (χ2v) is 4.66. The minimum absolute atomic E-state index is 0.138. The van der Waals surface area contributed by atoms with Gasteiger partial charge in [-0.15, -0.1) is 0 Å². The van der Waals surface area contributed by atoms with Crippen molar-refractivity contribution in [2.75, 3.05) is 0 Å². The predicted molar refractivity (Wildman–Crippen MR) is 74.2 cm³/mol. The van der Waals surface area contributed by atoms with Crippen LogP contribution in [0, 0.1) is 6.92 Å². The number of aromatic hydroxyl groups is 2. The molecule has 0 aliphatic rings. The number of rotatable bonds is 1. The van der Waals surface area contributed by atoms with Gasteiger partial charge in [-0.3, -0.25) is 0 Å². The van der Waals surface area contributed by atoms with E-state index in [1.807, 2.05) is 36.7 Å². The summed E-state index contributed by atoms with van der Waals surface area (Å²) in [6, 6.07) is 10.9. The number of imidazole rings is 1. The van der Waals surface area contributed by atoms with E-state index in [2.05, 4.69) is 4.98 Å². The zero-order valence-corrected chi connectivity index (χ0v) is 10.8. The third kappa shape index (κ3) is 1.73. The molecule has 0 unspecified atom stereocenters. The number of benzene rings is 2. The average molecular weight is 254 g/mol.